The molecule has 1 heterocycles. The van der Waals surface area contributed by atoms with Gasteiger partial charge in [0.05, 0.1) is 0 Å². The van der Waals surface area contributed by atoms with Gasteiger partial charge in [-0.05, 0) is 43.2 Å². The molecule has 4 heteroatoms. The van der Waals surface area contributed by atoms with Crippen molar-refractivity contribution in [2.24, 2.45) is 0 Å². The second-order valence-electron chi connectivity index (χ2n) is 4.92. The van der Waals surface area contributed by atoms with Gasteiger partial charge in [0, 0.05) is 5.56 Å². The van der Waals surface area contributed by atoms with Crippen molar-refractivity contribution in [2.75, 3.05) is 0 Å². The molecule has 106 valence electrons. The second kappa shape index (κ2) is 5.79. The van der Waals surface area contributed by atoms with Crippen LogP contribution >= 0.6 is 0 Å². The van der Waals surface area contributed by atoms with Crippen LogP contribution in [0.1, 0.15) is 17.0 Å². The molecule has 4 nitrogen and oxygen atoms in total. The minimum Gasteiger partial charge on any atom is -0.484 e. The third-order valence-electron chi connectivity index (χ3n) is 3.18. The number of hydrogen-bond acceptors (Lipinski definition) is 4. The topological polar surface area (TPSA) is 48.2 Å². The third kappa shape index (κ3) is 3.11. The summed E-state index contributed by atoms with van der Waals surface area (Å²) in [6.45, 7) is 4.31. The van der Waals surface area contributed by atoms with E-state index in [-0.39, 0.29) is 6.61 Å². The molecule has 0 unspecified atom stereocenters. The van der Waals surface area contributed by atoms with E-state index in [9.17, 15) is 0 Å². The molecule has 0 bridgehead atoms. The van der Waals surface area contributed by atoms with Gasteiger partial charge in [-0.3, -0.25) is 0 Å². The summed E-state index contributed by atoms with van der Waals surface area (Å²) in [6.07, 6.45) is 0. The van der Waals surface area contributed by atoms with E-state index in [1.165, 1.54) is 0 Å². The van der Waals surface area contributed by atoms with E-state index in [1.54, 1.807) is 0 Å². The van der Waals surface area contributed by atoms with Gasteiger partial charge in [-0.25, -0.2) is 0 Å². The summed E-state index contributed by atoms with van der Waals surface area (Å²) in [7, 11) is 0. The van der Waals surface area contributed by atoms with Crippen molar-refractivity contribution < 1.29 is 9.15 Å². The summed E-state index contributed by atoms with van der Waals surface area (Å²) in [6, 6.07) is 15.8. The highest BCUT2D eigenvalue weighted by Gasteiger charge is 2.09. The van der Waals surface area contributed by atoms with Crippen LogP contribution in [0.2, 0.25) is 0 Å². The number of hydrogen-bond donors (Lipinski definition) is 0. The summed E-state index contributed by atoms with van der Waals surface area (Å²) in [5.41, 5.74) is 3.15. The lowest BCUT2D eigenvalue weighted by Gasteiger charge is -2.07. The molecule has 3 rings (SSSR count). The Labute approximate surface area is 123 Å². The molecule has 0 aliphatic rings. The molecule has 21 heavy (non-hydrogen) atoms. The third-order valence-corrected chi connectivity index (χ3v) is 3.18. The van der Waals surface area contributed by atoms with E-state index in [0.717, 1.165) is 22.4 Å². The van der Waals surface area contributed by atoms with Gasteiger partial charge in [0.1, 0.15) is 5.75 Å². The summed E-state index contributed by atoms with van der Waals surface area (Å²) in [5.74, 6) is 1.82. The van der Waals surface area contributed by atoms with E-state index in [2.05, 4.69) is 16.3 Å². The van der Waals surface area contributed by atoms with E-state index in [0.29, 0.717) is 11.8 Å². The van der Waals surface area contributed by atoms with Crippen LogP contribution in [-0.4, -0.2) is 10.2 Å². The highest BCUT2D eigenvalue weighted by Crippen LogP contribution is 2.21. The zero-order valence-corrected chi connectivity index (χ0v) is 12.0. The Morgan fingerprint density at radius 3 is 2.62 bits per heavy atom. The van der Waals surface area contributed by atoms with Gasteiger partial charge in [0.15, 0.2) is 6.61 Å². The number of aromatic nitrogens is 2. The van der Waals surface area contributed by atoms with Gasteiger partial charge in [0.25, 0.3) is 5.89 Å². The molecule has 0 atom stereocenters. The molecular weight excluding hydrogens is 264 g/mol. The van der Waals surface area contributed by atoms with Crippen molar-refractivity contribution in [3.05, 3.63) is 65.5 Å². The van der Waals surface area contributed by atoms with Gasteiger partial charge in [-0.1, -0.05) is 30.3 Å². The quantitative estimate of drug-likeness (QED) is 0.726. The predicted molar refractivity (Wildman–Crippen MR) is 80.0 cm³/mol. The highest BCUT2D eigenvalue weighted by atomic mass is 16.5. The standard InChI is InChI=1S/C17H16N2O2/c1-12-8-9-13(2)15(10-12)20-11-16-18-19-17(21-16)14-6-4-3-5-7-14/h3-10H,11H2,1-2H3. The Balaban J connectivity index is 1.72. The Hall–Kier alpha value is -2.62. The van der Waals surface area contributed by atoms with Gasteiger partial charge in [-0.15, -0.1) is 10.2 Å². The monoisotopic (exact) mass is 280 g/mol. The van der Waals surface area contributed by atoms with Crippen molar-refractivity contribution in [1.29, 1.82) is 0 Å². The lowest BCUT2D eigenvalue weighted by molar-refractivity contribution is 0.263. The Morgan fingerprint density at radius 2 is 1.81 bits per heavy atom. The summed E-state index contributed by atoms with van der Waals surface area (Å²) in [5, 5.41) is 8.06. The summed E-state index contributed by atoms with van der Waals surface area (Å²) >= 11 is 0. The fourth-order valence-corrected chi connectivity index (χ4v) is 2.01. The SMILES string of the molecule is Cc1ccc(C)c(OCc2nnc(-c3ccccc3)o2)c1. The number of ether oxygens (including phenoxy) is 1. The molecule has 0 saturated carbocycles. The zero-order chi connectivity index (χ0) is 14.7. The first-order valence-electron chi connectivity index (χ1n) is 6.80. The van der Waals surface area contributed by atoms with Crippen LogP contribution in [0.3, 0.4) is 0 Å². The lowest BCUT2D eigenvalue weighted by atomic mass is 10.1. The fourth-order valence-electron chi connectivity index (χ4n) is 2.01. The van der Waals surface area contributed by atoms with E-state index >= 15 is 0 Å². The number of rotatable bonds is 4. The average molecular weight is 280 g/mol. The van der Waals surface area contributed by atoms with Crippen molar-refractivity contribution in [3.8, 4) is 17.2 Å². The minimum atomic E-state index is 0.268. The lowest BCUT2D eigenvalue weighted by Crippen LogP contribution is -1.97. The maximum absolute atomic E-state index is 5.76. The molecule has 0 saturated heterocycles. The molecule has 1 aromatic heterocycles. The first-order valence-corrected chi connectivity index (χ1v) is 6.80. The number of aryl methyl sites for hydroxylation is 2. The van der Waals surface area contributed by atoms with Gasteiger partial charge < -0.3 is 9.15 Å². The minimum absolute atomic E-state index is 0.268. The van der Waals surface area contributed by atoms with Crippen LogP contribution in [0.5, 0.6) is 5.75 Å². The Kier molecular flexibility index (Phi) is 3.69. The van der Waals surface area contributed by atoms with E-state index in [1.807, 2.05) is 56.3 Å². The molecule has 0 radical (unpaired) electrons. The Bertz CT molecular complexity index is 736. The second-order valence-corrected chi connectivity index (χ2v) is 4.92. The number of nitrogens with zero attached hydrogens (tertiary/aromatic N) is 2. The molecule has 3 aromatic rings. The van der Waals surface area contributed by atoms with E-state index in [4.69, 9.17) is 9.15 Å². The maximum Gasteiger partial charge on any atom is 0.254 e. The molecular formula is C17H16N2O2. The van der Waals surface area contributed by atoms with Crippen LogP contribution in [0.25, 0.3) is 11.5 Å². The molecule has 0 spiro atoms. The highest BCUT2D eigenvalue weighted by molar-refractivity contribution is 5.51. The molecule has 0 aliphatic heterocycles. The summed E-state index contributed by atoms with van der Waals surface area (Å²) in [4.78, 5) is 0. The van der Waals surface area contributed by atoms with Gasteiger partial charge >= 0.3 is 0 Å². The van der Waals surface area contributed by atoms with E-state index < -0.39 is 0 Å². The largest absolute Gasteiger partial charge is 0.484 e. The average Bonchev–Trinajstić information content (AvgIpc) is 2.98. The molecule has 0 amide bonds. The summed E-state index contributed by atoms with van der Waals surface area (Å²) < 4.78 is 11.4. The smallest absolute Gasteiger partial charge is 0.254 e. The maximum atomic E-state index is 5.76. The predicted octanol–water partition coefficient (Wildman–Crippen LogP) is 3.93. The number of benzene rings is 2. The van der Waals surface area contributed by atoms with Gasteiger partial charge in [0.2, 0.25) is 5.89 Å². The van der Waals surface area contributed by atoms with Crippen molar-refractivity contribution >= 4 is 0 Å². The van der Waals surface area contributed by atoms with Crippen molar-refractivity contribution in [1.82, 2.24) is 10.2 Å². The van der Waals surface area contributed by atoms with Crippen LogP contribution < -0.4 is 4.74 Å². The van der Waals surface area contributed by atoms with Crippen LogP contribution in [0, 0.1) is 13.8 Å². The molecule has 0 N–H and O–H groups in total. The molecule has 0 fully saturated rings. The molecule has 2 aromatic carbocycles. The first-order chi connectivity index (χ1) is 10.2. The van der Waals surface area contributed by atoms with Crippen LogP contribution in [0.15, 0.2) is 52.9 Å². The fraction of sp³-hybridized carbons (Fsp3) is 0.176. The van der Waals surface area contributed by atoms with Crippen molar-refractivity contribution in [3.63, 3.8) is 0 Å². The van der Waals surface area contributed by atoms with Crippen LogP contribution in [-0.2, 0) is 6.61 Å². The van der Waals surface area contributed by atoms with Crippen LogP contribution in [0.4, 0.5) is 0 Å². The Morgan fingerprint density at radius 1 is 1.00 bits per heavy atom. The van der Waals surface area contributed by atoms with Gasteiger partial charge in [-0.2, -0.15) is 0 Å². The zero-order valence-electron chi connectivity index (χ0n) is 12.0. The van der Waals surface area contributed by atoms with Crippen molar-refractivity contribution in [2.45, 2.75) is 20.5 Å². The molecule has 0 aliphatic carbocycles. The first kappa shape index (κ1) is 13.4. The normalized spacial score (nSPS) is 10.6.